The summed E-state index contributed by atoms with van der Waals surface area (Å²) in [6.07, 6.45) is 5.67. The average Bonchev–Trinajstić information content (AvgIpc) is 3.40. The van der Waals surface area contributed by atoms with Crippen molar-refractivity contribution in [1.82, 2.24) is 25.2 Å². The highest BCUT2D eigenvalue weighted by Crippen LogP contribution is 2.39. The number of aliphatic hydroxyl groups excluding tert-OH is 1. The maximum absolute atomic E-state index is 14.5. The van der Waals surface area contributed by atoms with Crippen molar-refractivity contribution in [3.05, 3.63) is 36.0 Å². The van der Waals surface area contributed by atoms with Gasteiger partial charge in [0.2, 0.25) is 5.91 Å². The topological polar surface area (TPSA) is 130 Å². The van der Waals surface area contributed by atoms with Gasteiger partial charge in [-0.3, -0.25) is 9.59 Å². The second-order valence-corrected chi connectivity index (χ2v) is 8.84. The number of nitrogens with zero attached hydrogens (tertiary/aromatic N) is 3. The molecule has 2 amide bonds. The zero-order chi connectivity index (χ0) is 24.5. The number of likely N-dealkylation sites (tertiary alicyclic amines) is 1. The van der Waals surface area contributed by atoms with Crippen LogP contribution >= 0.6 is 0 Å². The number of hydrogen-bond acceptors (Lipinski definition) is 7. The second-order valence-electron chi connectivity index (χ2n) is 8.84. The lowest BCUT2D eigenvalue weighted by molar-refractivity contribution is -0.133. The molecule has 1 aliphatic heterocycles. The fraction of sp³-hybridized carbons (Fsp3) is 0.417. The zero-order valence-electron chi connectivity index (χ0n) is 19.2. The summed E-state index contributed by atoms with van der Waals surface area (Å²) in [7, 11) is 1.39. The van der Waals surface area contributed by atoms with Gasteiger partial charge in [0.1, 0.15) is 29.9 Å². The standard InChI is InChI=1S/C24H26FN5O5/c1-34-19-6-15(18(7-17(19)25)35-11-13-2-3-13)21-23-22(28-12-27-21)16(8-26-23)24(33)29-14-4-5-30(9-14)20(32)10-31/h6-8,12-14,26,31H,2-5,9-11H2,1H3,(H,29,33)/t14-/m1/s1. The van der Waals surface area contributed by atoms with E-state index in [0.29, 0.717) is 65.6 Å². The van der Waals surface area contributed by atoms with Crippen molar-refractivity contribution >= 4 is 22.8 Å². The van der Waals surface area contributed by atoms with E-state index >= 15 is 0 Å². The van der Waals surface area contributed by atoms with Gasteiger partial charge < -0.3 is 29.8 Å². The molecule has 2 aromatic heterocycles. The Bertz CT molecular complexity index is 1270. The van der Waals surface area contributed by atoms with E-state index < -0.39 is 12.4 Å². The van der Waals surface area contributed by atoms with Gasteiger partial charge in [-0.15, -0.1) is 0 Å². The van der Waals surface area contributed by atoms with Crippen LogP contribution in [0.25, 0.3) is 22.3 Å². The fourth-order valence-electron chi connectivity index (χ4n) is 4.27. The van der Waals surface area contributed by atoms with Gasteiger partial charge in [0, 0.05) is 37.0 Å². The number of methoxy groups -OCH3 is 1. The van der Waals surface area contributed by atoms with Gasteiger partial charge >= 0.3 is 0 Å². The lowest BCUT2D eigenvalue weighted by atomic mass is 10.1. The smallest absolute Gasteiger partial charge is 0.255 e. The molecule has 3 aromatic rings. The molecule has 2 aliphatic rings. The summed E-state index contributed by atoms with van der Waals surface area (Å²) < 4.78 is 25.6. The molecule has 1 saturated heterocycles. The third-order valence-corrected chi connectivity index (χ3v) is 6.40. The first-order chi connectivity index (χ1) is 17.0. The Morgan fingerprint density at radius 2 is 2.09 bits per heavy atom. The molecule has 0 bridgehead atoms. The zero-order valence-corrected chi connectivity index (χ0v) is 19.2. The lowest BCUT2D eigenvalue weighted by Crippen LogP contribution is -2.39. The van der Waals surface area contributed by atoms with Crippen LogP contribution in [0.15, 0.2) is 24.7 Å². The van der Waals surface area contributed by atoms with Crippen molar-refractivity contribution in [3.63, 3.8) is 0 Å². The Hall–Kier alpha value is -3.73. The molecule has 10 nitrogen and oxygen atoms in total. The molecule has 1 saturated carbocycles. The molecule has 1 aliphatic carbocycles. The Labute approximate surface area is 200 Å². The van der Waals surface area contributed by atoms with Gasteiger partial charge in [-0.1, -0.05) is 0 Å². The summed E-state index contributed by atoms with van der Waals surface area (Å²) in [4.78, 5) is 38.0. The van der Waals surface area contributed by atoms with Gasteiger partial charge in [0.05, 0.1) is 24.8 Å². The fourth-order valence-corrected chi connectivity index (χ4v) is 4.27. The molecule has 0 unspecified atom stereocenters. The number of H-pyrrole nitrogens is 1. The van der Waals surface area contributed by atoms with E-state index in [-0.39, 0.29) is 23.6 Å². The monoisotopic (exact) mass is 483 g/mol. The van der Waals surface area contributed by atoms with E-state index in [1.165, 1.54) is 30.5 Å². The maximum Gasteiger partial charge on any atom is 0.255 e. The summed E-state index contributed by atoms with van der Waals surface area (Å²) in [5.41, 5.74) is 2.22. The normalized spacial score (nSPS) is 17.6. The predicted molar refractivity (Wildman–Crippen MR) is 124 cm³/mol. The summed E-state index contributed by atoms with van der Waals surface area (Å²) in [5.74, 6) is -0.372. The van der Waals surface area contributed by atoms with Crippen LogP contribution in [-0.4, -0.2) is 76.2 Å². The number of aliphatic hydroxyl groups is 1. The third kappa shape index (κ3) is 4.63. The number of ether oxygens (including phenoxy) is 2. The third-order valence-electron chi connectivity index (χ3n) is 6.40. The maximum atomic E-state index is 14.5. The van der Waals surface area contributed by atoms with Crippen molar-refractivity contribution in [1.29, 1.82) is 0 Å². The summed E-state index contributed by atoms with van der Waals surface area (Å²) in [6, 6.07) is 2.60. The molecule has 0 spiro atoms. The number of carbonyl (C=O) groups is 2. The first kappa shape index (κ1) is 23.0. The molecule has 0 radical (unpaired) electrons. The van der Waals surface area contributed by atoms with Crippen LogP contribution < -0.4 is 14.8 Å². The van der Waals surface area contributed by atoms with Gasteiger partial charge in [-0.2, -0.15) is 0 Å². The number of carbonyl (C=O) groups excluding carboxylic acids is 2. The number of aromatic amines is 1. The Morgan fingerprint density at radius 3 is 2.83 bits per heavy atom. The average molecular weight is 484 g/mol. The van der Waals surface area contributed by atoms with E-state index in [0.717, 1.165) is 12.8 Å². The molecule has 2 fully saturated rings. The van der Waals surface area contributed by atoms with Crippen molar-refractivity contribution < 1.29 is 28.6 Å². The number of hydrogen-bond donors (Lipinski definition) is 3. The largest absolute Gasteiger partial charge is 0.494 e. The van der Waals surface area contributed by atoms with Gasteiger partial charge in [-0.05, 0) is 31.2 Å². The Morgan fingerprint density at radius 1 is 1.26 bits per heavy atom. The summed E-state index contributed by atoms with van der Waals surface area (Å²) >= 11 is 0. The SMILES string of the molecule is COc1cc(-c2ncnc3c(C(=O)N[C@@H]4CCN(C(=O)CO)C4)c[nH]c23)c(OCC2CC2)cc1F. The Balaban J connectivity index is 1.44. The molecule has 5 rings (SSSR count). The molecule has 35 heavy (non-hydrogen) atoms. The lowest BCUT2D eigenvalue weighted by Gasteiger charge is -2.15. The molecule has 3 N–H and O–H groups in total. The van der Waals surface area contributed by atoms with E-state index in [1.807, 2.05) is 0 Å². The van der Waals surface area contributed by atoms with E-state index in [2.05, 4.69) is 20.3 Å². The first-order valence-corrected chi connectivity index (χ1v) is 11.5. The quantitative estimate of drug-likeness (QED) is 0.446. The van der Waals surface area contributed by atoms with Crippen LogP contribution in [0.4, 0.5) is 4.39 Å². The van der Waals surface area contributed by atoms with Crippen LogP contribution in [0.3, 0.4) is 0 Å². The molecule has 1 atom stereocenters. The van der Waals surface area contributed by atoms with Crippen LogP contribution in [0.5, 0.6) is 11.5 Å². The van der Waals surface area contributed by atoms with Crippen molar-refractivity contribution in [2.75, 3.05) is 33.4 Å². The minimum Gasteiger partial charge on any atom is -0.494 e. The van der Waals surface area contributed by atoms with E-state index in [4.69, 9.17) is 14.6 Å². The number of rotatable bonds is 8. The molecule has 184 valence electrons. The van der Waals surface area contributed by atoms with Gasteiger partial charge in [-0.25, -0.2) is 14.4 Å². The molecule has 11 heteroatoms. The molecule has 3 heterocycles. The van der Waals surface area contributed by atoms with Crippen LogP contribution in [0.1, 0.15) is 29.6 Å². The highest BCUT2D eigenvalue weighted by atomic mass is 19.1. The number of aromatic nitrogens is 3. The molecular weight excluding hydrogens is 457 g/mol. The number of amides is 2. The molecular formula is C24H26FN5O5. The van der Waals surface area contributed by atoms with E-state index in [9.17, 15) is 14.0 Å². The van der Waals surface area contributed by atoms with Gasteiger partial charge in [0.25, 0.3) is 5.91 Å². The summed E-state index contributed by atoms with van der Waals surface area (Å²) in [5, 5.41) is 12.0. The van der Waals surface area contributed by atoms with Crippen molar-refractivity contribution in [3.8, 4) is 22.8 Å². The van der Waals surface area contributed by atoms with E-state index in [1.54, 1.807) is 6.20 Å². The van der Waals surface area contributed by atoms with Crippen molar-refractivity contribution in [2.24, 2.45) is 5.92 Å². The van der Waals surface area contributed by atoms with Crippen molar-refractivity contribution in [2.45, 2.75) is 25.3 Å². The predicted octanol–water partition coefficient (Wildman–Crippen LogP) is 1.88. The minimum absolute atomic E-state index is 0.0540. The number of benzene rings is 1. The molecule has 1 aromatic carbocycles. The second kappa shape index (κ2) is 9.49. The van der Waals surface area contributed by atoms with Gasteiger partial charge in [0.15, 0.2) is 11.6 Å². The number of fused-ring (bicyclic) bond motifs is 1. The van der Waals surface area contributed by atoms with Crippen LogP contribution in [-0.2, 0) is 4.79 Å². The highest BCUT2D eigenvalue weighted by molar-refractivity contribution is 6.08. The number of nitrogens with one attached hydrogen (secondary N) is 2. The summed E-state index contributed by atoms with van der Waals surface area (Å²) in [6.45, 7) is 0.747. The number of halogens is 1. The van der Waals surface area contributed by atoms with Crippen LogP contribution in [0, 0.1) is 11.7 Å². The first-order valence-electron chi connectivity index (χ1n) is 11.5. The Kier molecular flexibility index (Phi) is 6.25. The minimum atomic E-state index is -0.552. The van der Waals surface area contributed by atoms with Crippen LogP contribution in [0.2, 0.25) is 0 Å². The highest BCUT2D eigenvalue weighted by Gasteiger charge is 2.29.